The number of hydrogen-bond acceptors (Lipinski definition) is 20. The number of amides is 3. The van der Waals surface area contributed by atoms with Gasteiger partial charge in [-0.05, 0) is 51.0 Å². The van der Waals surface area contributed by atoms with Crippen LogP contribution in [-0.4, -0.2) is 186 Å². The van der Waals surface area contributed by atoms with Crippen molar-refractivity contribution in [3.8, 4) is 23.0 Å². The van der Waals surface area contributed by atoms with E-state index in [1.54, 1.807) is 52.0 Å². The number of ether oxygens (including phenoxy) is 6. The summed E-state index contributed by atoms with van der Waals surface area (Å²) in [5, 5.41) is 70.2. The number of nitrogens with one attached hydrogen (secondary N) is 2. The molecule has 23 nitrogen and oxygen atoms in total. The molecule has 87 heavy (non-hydrogen) atoms. The number of piperazine rings is 1. The van der Waals surface area contributed by atoms with Gasteiger partial charge in [0.2, 0.25) is 5.91 Å². The Balaban J connectivity index is 0.000000339. The second-order valence-corrected chi connectivity index (χ2v) is 23.6. The number of morpholine rings is 1. The minimum atomic E-state index is -2.04. The number of aromatic hydroxyl groups is 3. The van der Waals surface area contributed by atoms with E-state index >= 15 is 0 Å². The molecule has 3 amide bonds. The van der Waals surface area contributed by atoms with Crippen LogP contribution in [0.25, 0.3) is 10.8 Å². The molecule has 24 heteroatoms. The molecule has 10 rings (SSSR count). The number of ketones is 1. The number of methoxy groups -OCH3 is 1. The quantitative estimate of drug-likeness (QED) is 0.0503. The molecule has 0 aromatic heterocycles. The summed E-state index contributed by atoms with van der Waals surface area (Å²) in [5.74, 6) is -8.85. The molecule has 0 radical (unpaired) electrons. The van der Waals surface area contributed by atoms with E-state index in [1.807, 2.05) is 9.91 Å². The molecule has 3 saturated heterocycles. The molecule has 7 N–H and O–H groups in total. The lowest BCUT2D eigenvalue weighted by Gasteiger charge is -2.38. The van der Waals surface area contributed by atoms with Gasteiger partial charge in [-0.2, -0.15) is 5.10 Å². The van der Waals surface area contributed by atoms with Crippen molar-refractivity contribution in [2.45, 2.75) is 130 Å². The molecule has 0 spiro atoms. The summed E-state index contributed by atoms with van der Waals surface area (Å²) in [7, 11) is 1.44. The average Bonchev–Trinajstić information content (AvgIpc) is 1.67. The number of allylic oxidation sites excluding steroid dienone is 2. The highest BCUT2D eigenvalue weighted by atomic mass is 19.1. The molecule has 0 unspecified atom stereocenters. The molecule has 1 aliphatic carbocycles. The molecule has 3 aromatic carbocycles. The summed E-state index contributed by atoms with van der Waals surface area (Å²) in [6, 6.07) is 5.27. The van der Waals surface area contributed by atoms with Crippen LogP contribution in [0.2, 0.25) is 0 Å². The van der Waals surface area contributed by atoms with Crippen LogP contribution in [0.1, 0.15) is 103 Å². The number of carbonyl (C=O) groups excluding carboxylic acids is 5. The molecule has 6 aliphatic heterocycles. The van der Waals surface area contributed by atoms with Gasteiger partial charge in [-0.15, -0.1) is 0 Å². The highest BCUT2D eigenvalue weighted by molar-refractivity contribution is 6.24. The fourth-order valence-electron chi connectivity index (χ4n) is 12.3. The number of Topliss-reactive ketones (excluding diaryl/α,β-unsaturated/α-hetero) is 1. The van der Waals surface area contributed by atoms with Crippen LogP contribution in [0.4, 0.5) is 26.2 Å². The van der Waals surface area contributed by atoms with Gasteiger partial charge >= 0.3 is 17.8 Å². The summed E-state index contributed by atoms with van der Waals surface area (Å²) in [6.07, 6.45) is 8.77. The van der Waals surface area contributed by atoms with Crippen molar-refractivity contribution in [1.82, 2.24) is 15.2 Å². The van der Waals surface area contributed by atoms with Crippen molar-refractivity contribution in [3.63, 3.8) is 0 Å². The number of phenols is 3. The van der Waals surface area contributed by atoms with Gasteiger partial charge in [0.1, 0.15) is 35.3 Å². The number of rotatable bonds is 9. The van der Waals surface area contributed by atoms with Crippen molar-refractivity contribution in [2.24, 2.45) is 28.8 Å². The number of nitrogens with zero attached hydrogens (tertiary/aromatic N) is 5. The second-order valence-electron chi connectivity index (χ2n) is 23.6. The number of phenolic OH excluding ortho intramolecular Hbond substituents is 3. The lowest BCUT2D eigenvalue weighted by atomic mass is 9.78. The lowest BCUT2D eigenvalue weighted by molar-refractivity contribution is -0.160. The van der Waals surface area contributed by atoms with Gasteiger partial charge in [0, 0.05) is 113 Å². The normalized spacial score (nSPS) is 29.2. The standard InChI is InChI=1S/C47H64N4O12.C16H20FN3O4/c1-24-13-12-14-25(2)46(59)49-37-32(23-48-51-20-18-50(19-21-51)31-15-10-11-16-31)41(56)34-35(42(37)57)40(55)29(6)44-36(34)45(58)47(8,63-44)61-22-17-33(60-9)26(3)43(62-30(7)52)28(5)39(54)27(4)38(24)53;1-11(21)18-9-13-10-20(16(22)24-13)12-2-3-15(14(17)8-12)19-4-6-23-7-5-19/h12-14,17,22-24,26-28,31,33,38-39,43,53-57H,10-11,15-16,18-21H2,1-9H3,(H,49,59);2-3,8,13H,4-7,9-10H2,1H3,(H,18,21)/b13-12+,22-17+,25-14-,48-23+;/t24-,26+,27+,28+,33-,38-,39+,43+,47-;13-/m00/s1. The van der Waals surface area contributed by atoms with Crippen LogP contribution < -0.4 is 25.2 Å². The molecule has 474 valence electrons. The van der Waals surface area contributed by atoms with Crippen LogP contribution in [0.3, 0.4) is 0 Å². The van der Waals surface area contributed by atoms with Crippen LogP contribution in [0.5, 0.6) is 23.0 Å². The maximum atomic E-state index is 14.5. The number of aliphatic hydroxyl groups excluding tert-OH is 2. The van der Waals surface area contributed by atoms with Gasteiger partial charge < -0.3 is 69.5 Å². The zero-order valence-corrected chi connectivity index (χ0v) is 51.2. The fourth-order valence-corrected chi connectivity index (χ4v) is 12.3. The van der Waals surface area contributed by atoms with Crippen molar-refractivity contribution in [2.75, 3.05) is 87.8 Å². The van der Waals surface area contributed by atoms with Crippen LogP contribution in [-0.2, 0) is 38.1 Å². The predicted octanol–water partition coefficient (Wildman–Crippen LogP) is 6.77. The molecule has 4 fully saturated rings. The lowest BCUT2D eigenvalue weighted by Crippen LogP contribution is -2.47. The molecular weight excluding hydrogens is 1130 g/mol. The number of cyclic esters (lactones) is 1. The number of benzene rings is 3. The maximum Gasteiger partial charge on any atom is 0.414 e. The highest BCUT2D eigenvalue weighted by Gasteiger charge is 2.50. The molecule has 5 bridgehead atoms. The van der Waals surface area contributed by atoms with Crippen LogP contribution in [0, 0.1) is 36.4 Å². The monoisotopic (exact) mass is 1210 g/mol. The molecule has 6 heterocycles. The van der Waals surface area contributed by atoms with Crippen molar-refractivity contribution in [3.05, 3.63) is 76.8 Å². The Morgan fingerprint density at radius 1 is 0.897 bits per heavy atom. The fraction of sp³-hybridized carbons (Fsp3) is 0.556. The number of halogens is 1. The van der Waals surface area contributed by atoms with E-state index in [0.29, 0.717) is 56.8 Å². The molecule has 1 saturated carbocycles. The van der Waals surface area contributed by atoms with Gasteiger partial charge in [0.15, 0.2) is 5.75 Å². The Kier molecular flexibility index (Phi) is 21.2. The van der Waals surface area contributed by atoms with Crippen molar-refractivity contribution in [1.29, 1.82) is 0 Å². The first-order chi connectivity index (χ1) is 41.3. The number of aliphatic hydroxyl groups is 2. The number of hydrogen-bond donors (Lipinski definition) is 7. The largest absolute Gasteiger partial charge is 0.507 e. The van der Waals surface area contributed by atoms with Crippen molar-refractivity contribution >= 4 is 63.7 Å². The summed E-state index contributed by atoms with van der Waals surface area (Å²) in [4.78, 5) is 69.4. The molecular formula is C63H84FN7O16. The van der Waals surface area contributed by atoms with E-state index in [0.717, 1.165) is 13.1 Å². The summed E-state index contributed by atoms with van der Waals surface area (Å²) in [6.45, 7) is 19.7. The zero-order chi connectivity index (χ0) is 63.2. The Morgan fingerprint density at radius 3 is 2.23 bits per heavy atom. The summed E-state index contributed by atoms with van der Waals surface area (Å²) >= 11 is 0. The number of anilines is 3. The van der Waals surface area contributed by atoms with Gasteiger partial charge in [-0.3, -0.25) is 34.0 Å². The first-order valence-electron chi connectivity index (χ1n) is 29.8. The first kappa shape index (κ1) is 65.5. The van der Waals surface area contributed by atoms with E-state index in [9.17, 15) is 53.9 Å². The topological polar surface area (TPSA) is 291 Å². The predicted molar refractivity (Wildman–Crippen MR) is 323 cm³/mol. The third kappa shape index (κ3) is 14.4. The highest BCUT2D eigenvalue weighted by Crippen LogP contribution is 2.55. The van der Waals surface area contributed by atoms with E-state index < -0.39 is 101 Å². The van der Waals surface area contributed by atoms with Crippen LogP contribution in [0.15, 0.2) is 59.4 Å². The zero-order valence-electron chi connectivity index (χ0n) is 51.2. The first-order valence-corrected chi connectivity index (χ1v) is 29.8. The molecule has 7 aliphatic rings. The van der Waals surface area contributed by atoms with Gasteiger partial charge in [-0.25, -0.2) is 9.18 Å². The minimum Gasteiger partial charge on any atom is -0.507 e. The number of hydrazone groups is 1. The number of fused-ring (bicyclic) bond motifs is 14. The maximum absolute atomic E-state index is 14.5. The Labute approximate surface area is 506 Å². The summed E-state index contributed by atoms with van der Waals surface area (Å²) in [5.41, 5.74) is 0.656. The Hall–Kier alpha value is -7.51. The molecule has 10 atom stereocenters. The third-order valence-electron chi connectivity index (χ3n) is 17.6. The number of carbonyl (C=O) groups is 5. The molecule has 3 aromatic rings. The van der Waals surface area contributed by atoms with E-state index in [1.165, 1.54) is 103 Å². The minimum absolute atomic E-state index is 0.0631. The summed E-state index contributed by atoms with van der Waals surface area (Å²) < 4.78 is 48.6. The number of esters is 1. The third-order valence-corrected chi connectivity index (χ3v) is 17.6. The van der Waals surface area contributed by atoms with Gasteiger partial charge in [0.05, 0.1) is 90.7 Å². The Bertz CT molecular complexity index is 3170. The average molecular weight is 1210 g/mol. The SMILES string of the molecule is CC(=O)NC[C@H]1CN(c2ccc(N3CCOCC3)c(F)c2)C(=O)O1.CO[C@H]1/C=C/O[C@@]2(C)Oc3c(C)c(O)c4c(O)c(c(/C=N/N5CCN(C6CCCC6)CC5)c(O)c4c3C2=O)NC(=O)/C(C)=C\C=C\[C@H](C)[C@H](O)[C@@H](C)[C@@H](O)[C@@H](C)[C@H](OC(C)=O)[C@@H]1C. The van der Waals surface area contributed by atoms with Gasteiger partial charge in [0.25, 0.3) is 11.7 Å². The van der Waals surface area contributed by atoms with E-state index in [4.69, 9.17) is 28.4 Å². The van der Waals surface area contributed by atoms with Crippen molar-refractivity contribution < 1.29 is 82.3 Å². The van der Waals surface area contributed by atoms with E-state index in [-0.39, 0.29) is 69.3 Å². The van der Waals surface area contributed by atoms with E-state index in [2.05, 4.69) is 20.6 Å². The second kappa shape index (κ2) is 28.1. The Morgan fingerprint density at radius 2 is 1.59 bits per heavy atom. The van der Waals surface area contributed by atoms with Gasteiger partial charge in [-0.1, -0.05) is 58.8 Å². The van der Waals surface area contributed by atoms with Crippen LogP contribution >= 0.6 is 0 Å². The smallest absolute Gasteiger partial charge is 0.414 e.